The van der Waals surface area contributed by atoms with Crippen molar-refractivity contribution in [3.05, 3.63) is 71.2 Å². The molecule has 2 unspecified atom stereocenters. The van der Waals surface area contributed by atoms with Crippen molar-refractivity contribution in [2.24, 2.45) is 5.73 Å². The Kier molecular flexibility index (Phi) is 6.96. The second kappa shape index (κ2) is 10.4. The SMILES string of the molecule is Cc1cc(F)c(F)c(C)c1NC(=O)C1CC(F)CN1C(=O)Cn1nc(C(N)=O)c2cc(-c3ccnnc3)ccc21. The molecule has 2 atom stereocenters. The van der Waals surface area contributed by atoms with Crippen LogP contribution in [0.2, 0.25) is 0 Å². The average Bonchev–Trinajstić information content (AvgIpc) is 3.50. The highest BCUT2D eigenvalue weighted by atomic mass is 19.2. The number of likely N-dealkylation sites (tertiary alicyclic amines) is 1. The van der Waals surface area contributed by atoms with E-state index in [1.54, 1.807) is 30.5 Å². The summed E-state index contributed by atoms with van der Waals surface area (Å²) in [5.41, 5.74) is 7.60. The van der Waals surface area contributed by atoms with Gasteiger partial charge in [0.05, 0.1) is 24.5 Å². The van der Waals surface area contributed by atoms with Gasteiger partial charge in [0.2, 0.25) is 11.8 Å². The predicted molar refractivity (Wildman–Crippen MR) is 139 cm³/mol. The van der Waals surface area contributed by atoms with Crippen LogP contribution in [0, 0.1) is 25.5 Å². The molecule has 2 aromatic heterocycles. The number of nitrogens with two attached hydrogens (primary N) is 1. The Morgan fingerprint density at radius 2 is 1.88 bits per heavy atom. The molecule has 5 rings (SSSR count). The van der Waals surface area contributed by atoms with Crippen LogP contribution in [0.25, 0.3) is 22.0 Å². The first-order valence-electron chi connectivity index (χ1n) is 12.3. The van der Waals surface area contributed by atoms with Gasteiger partial charge in [-0.1, -0.05) is 6.07 Å². The molecule has 1 aliphatic heterocycles. The molecule has 1 fully saturated rings. The number of amides is 3. The monoisotopic (exact) mass is 551 g/mol. The smallest absolute Gasteiger partial charge is 0.269 e. The van der Waals surface area contributed by atoms with Crippen molar-refractivity contribution in [2.75, 3.05) is 11.9 Å². The molecule has 1 saturated heterocycles. The second-order valence-electron chi connectivity index (χ2n) is 9.61. The van der Waals surface area contributed by atoms with E-state index in [4.69, 9.17) is 5.73 Å². The van der Waals surface area contributed by atoms with Crippen LogP contribution in [0.5, 0.6) is 0 Å². The van der Waals surface area contributed by atoms with Gasteiger partial charge in [0, 0.05) is 28.6 Å². The standard InChI is InChI=1S/C27H24F3N7O3/c1-13-7-19(29)23(30)14(2)24(13)34-27(40)21-9-17(28)11-36(21)22(38)12-37-20-4-3-15(16-5-6-32-33-10-16)8-18(20)25(35-37)26(31)39/h3-8,10,17,21H,9,11-12H2,1-2H3,(H2,31,39)(H,34,40). The maximum Gasteiger partial charge on any atom is 0.269 e. The van der Waals surface area contributed by atoms with Crippen LogP contribution in [0.15, 0.2) is 42.7 Å². The van der Waals surface area contributed by atoms with Crippen molar-refractivity contribution >= 4 is 34.3 Å². The molecule has 2 aromatic carbocycles. The largest absolute Gasteiger partial charge is 0.364 e. The summed E-state index contributed by atoms with van der Waals surface area (Å²) in [6.07, 6.45) is 1.33. The third-order valence-corrected chi connectivity index (χ3v) is 6.96. The average molecular weight is 552 g/mol. The molecular weight excluding hydrogens is 527 g/mol. The molecule has 40 heavy (non-hydrogen) atoms. The van der Waals surface area contributed by atoms with Crippen molar-refractivity contribution in [1.29, 1.82) is 0 Å². The Hall–Kier alpha value is -4.81. The Bertz CT molecular complexity index is 1660. The maximum atomic E-state index is 14.5. The van der Waals surface area contributed by atoms with E-state index in [2.05, 4.69) is 20.6 Å². The topological polar surface area (TPSA) is 136 Å². The quantitative estimate of drug-likeness (QED) is 0.378. The lowest BCUT2D eigenvalue weighted by Crippen LogP contribution is -2.44. The molecule has 10 nitrogen and oxygen atoms in total. The number of primary amides is 1. The van der Waals surface area contributed by atoms with Crippen LogP contribution in [-0.4, -0.2) is 61.4 Å². The number of hydrogen-bond donors (Lipinski definition) is 2. The highest BCUT2D eigenvalue weighted by Gasteiger charge is 2.40. The van der Waals surface area contributed by atoms with Crippen molar-refractivity contribution in [3.63, 3.8) is 0 Å². The van der Waals surface area contributed by atoms with E-state index in [1.165, 1.54) is 24.7 Å². The molecule has 3 amide bonds. The van der Waals surface area contributed by atoms with Gasteiger partial charge in [-0.2, -0.15) is 15.3 Å². The summed E-state index contributed by atoms with van der Waals surface area (Å²) in [5.74, 6) is -4.32. The molecule has 13 heteroatoms. The summed E-state index contributed by atoms with van der Waals surface area (Å²) in [4.78, 5) is 39.7. The number of nitrogens with one attached hydrogen (secondary N) is 1. The van der Waals surface area contributed by atoms with Crippen molar-refractivity contribution < 1.29 is 27.6 Å². The summed E-state index contributed by atoms with van der Waals surface area (Å²) < 4.78 is 43.6. The minimum absolute atomic E-state index is 0.0583. The van der Waals surface area contributed by atoms with Gasteiger partial charge in [-0.3, -0.25) is 19.1 Å². The van der Waals surface area contributed by atoms with Crippen LogP contribution in [-0.2, 0) is 16.1 Å². The zero-order chi connectivity index (χ0) is 28.7. The number of aromatic nitrogens is 4. The number of nitrogens with zero attached hydrogens (tertiary/aromatic N) is 5. The van der Waals surface area contributed by atoms with Gasteiger partial charge in [0.1, 0.15) is 18.8 Å². The van der Waals surface area contributed by atoms with Crippen LogP contribution < -0.4 is 11.1 Å². The first kappa shape index (κ1) is 26.8. The number of rotatable bonds is 6. The number of carbonyl (C=O) groups excluding carboxylic acids is 3. The van der Waals surface area contributed by atoms with Gasteiger partial charge in [-0.15, -0.1) is 0 Å². The highest BCUT2D eigenvalue weighted by molar-refractivity contribution is 6.05. The molecular formula is C27H24F3N7O3. The minimum atomic E-state index is -1.47. The van der Waals surface area contributed by atoms with Crippen LogP contribution >= 0.6 is 0 Å². The van der Waals surface area contributed by atoms with Crippen LogP contribution in [0.1, 0.15) is 28.0 Å². The molecule has 0 radical (unpaired) electrons. The van der Waals surface area contributed by atoms with E-state index >= 15 is 0 Å². The summed E-state index contributed by atoms with van der Waals surface area (Å²) in [6.45, 7) is 2.07. The second-order valence-corrected chi connectivity index (χ2v) is 9.61. The Labute approximate surface area is 226 Å². The van der Waals surface area contributed by atoms with E-state index in [1.807, 2.05) is 0 Å². The Morgan fingerprint density at radius 1 is 1.10 bits per heavy atom. The van der Waals surface area contributed by atoms with E-state index in [0.717, 1.165) is 22.1 Å². The summed E-state index contributed by atoms with van der Waals surface area (Å²) in [7, 11) is 0. The zero-order valence-corrected chi connectivity index (χ0v) is 21.5. The van der Waals surface area contributed by atoms with Gasteiger partial charge in [0.25, 0.3) is 5.91 Å². The van der Waals surface area contributed by atoms with Gasteiger partial charge >= 0.3 is 0 Å². The number of aryl methyl sites for hydroxylation is 1. The number of anilines is 1. The van der Waals surface area contributed by atoms with E-state index in [9.17, 15) is 27.6 Å². The first-order valence-corrected chi connectivity index (χ1v) is 12.3. The van der Waals surface area contributed by atoms with Crippen LogP contribution in [0.4, 0.5) is 18.9 Å². The molecule has 0 saturated carbocycles. The fraction of sp³-hybridized carbons (Fsp3) is 0.259. The van der Waals surface area contributed by atoms with Crippen LogP contribution in [0.3, 0.4) is 0 Å². The molecule has 206 valence electrons. The summed E-state index contributed by atoms with van der Waals surface area (Å²) in [6, 6.07) is 6.60. The van der Waals surface area contributed by atoms with Crippen molar-refractivity contribution in [3.8, 4) is 11.1 Å². The lowest BCUT2D eigenvalue weighted by atomic mass is 10.0. The molecule has 3 N–H and O–H groups in total. The third-order valence-electron chi connectivity index (χ3n) is 6.96. The van der Waals surface area contributed by atoms with E-state index in [0.29, 0.717) is 10.9 Å². The number of fused-ring (bicyclic) bond motifs is 1. The molecule has 0 spiro atoms. The Morgan fingerprint density at radius 3 is 2.58 bits per heavy atom. The van der Waals surface area contributed by atoms with Crippen molar-refractivity contribution in [2.45, 2.75) is 39.0 Å². The zero-order valence-electron chi connectivity index (χ0n) is 21.5. The van der Waals surface area contributed by atoms with Gasteiger partial charge in [-0.05, 0) is 49.2 Å². The predicted octanol–water partition coefficient (Wildman–Crippen LogP) is 3.06. The van der Waals surface area contributed by atoms with Crippen molar-refractivity contribution in [1.82, 2.24) is 24.9 Å². The fourth-order valence-corrected chi connectivity index (χ4v) is 4.96. The lowest BCUT2D eigenvalue weighted by molar-refractivity contribution is -0.137. The van der Waals surface area contributed by atoms with E-state index < -0.39 is 48.1 Å². The molecule has 0 bridgehead atoms. The van der Waals surface area contributed by atoms with Gasteiger partial charge < -0.3 is 16.0 Å². The number of benzene rings is 2. The number of halogens is 3. The summed E-state index contributed by atoms with van der Waals surface area (Å²) in [5, 5.41) is 14.8. The summed E-state index contributed by atoms with van der Waals surface area (Å²) >= 11 is 0. The first-order chi connectivity index (χ1) is 19.0. The number of carbonyl (C=O) groups is 3. The van der Waals surface area contributed by atoms with Gasteiger partial charge in [-0.25, -0.2) is 13.2 Å². The molecule has 1 aliphatic rings. The maximum absolute atomic E-state index is 14.5. The Balaban J connectivity index is 1.42. The molecule has 3 heterocycles. The minimum Gasteiger partial charge on any atom is -0.364 e. The van der Waals surface area contributed by atoms with E-state index in [-0.39, 0.29) is 35.5 Å². The van der Waals surface area contributed by atoms with Gasteiger partial charge in [0.15, 0.2) is 17.3 Å². The molecule has 4 aromatic rings. The highest BCUT2D eigenvalue weighted by Crippen LogP contribution is 2.29. The number of alkyl halides is 1. The number of hydrogen-bond acceptors (Lipinski definition) is 6. The molecule has 0 aliphatic carbocycles. The lowest BCUT2D eigenvalue weighted by Gasteiger charge is -2.24. The normalized spacial score (nSPS) is 16.9. The third kappa shape index (κ3) is 4.85. The fourth-order valence-electron chi connectivity index (χ4n) is 4.96.